The molecule has 5 nitrogen and oxygen atoms in total. The Labute approximate surface area is 116 Å². The second kappa shape index (κ2) is 7.70. The van der Waals surface area contributed by atoms with Gasteiger partial charge in [-0.15, -0.1) is 0 Å². The van der Waals surface area contributed by atoms with Crippen molar-refractivity contribution < 1.29 is 14.3 Å². The third-order valence-corrected chi connectivity index (χ3v) is 2.78. The van der Waals surface area contributed by atoms with Crippen LogP contribution in [-0.2, 0) is 9.47 Å². The van der Waals surface area contributed by atoms with Crippen LogP contribution in [0.3, 0.4) is 0 Å². The zero-order chi connectivity index (χ0) is 14.3. The second-order valence-corrected chi connectivity index (χ2v) is 6.00. The molecule has 1 aliphatic rings. The third kappa shape index (κ3) is 6.78. The number of hydrogen-bond donors (Lipinski definition) is 1. The molecule has 0 radical (unpaired) electrons. The number of carbonyl (C=O) groups excluding carboxylic acids is 1. The largest absolute Gasteiger partial charge is 0.444 e. The molecule has 0 saturated carbocycles. The molecule has 0 unspecified atom stereocenters. The average Bonchev–Trinajstić information content (AvgIpc) is 2.22. The van der Waals surface area contributed by atoms with Crippen molar-refractivity contribution in [2.24, 2.45) is 0 Å². The Hall–Kier alpha value is -0.810. The van der Waals surface area contributed by atoms with Gasteiger partial charge in [0.25, 0.3) is 0 Å². The van der Waals surface area contributed by atoms with Crippen LogP contribution in [0.5, 0.6) is 0 Å². The van der Waals surface area contributed by atoms with Crippen molar-refractivity contribution in [2.45, 2.75) is 52.2 Å². The molecule has 0 aliphatic carbocycles. The van der Waals surface area contributed by atoms with Crippen LogP contribution in [0.15, 0.2) is 0 Å². The van der Waals surface area contributed by atoms with E-state index in [9.17, 15) is 4.79 Å². The lowest BCUT2D eigenvalue weighted by atomic mass is 10.1. The number of carbonyl (C=O) groups is 1. The van der Waals surface area contributed by atoms with Gasteiger partial charge in [0.05, 0.1) is 0 Å². The van der Waals surface area contributed by atoms with Crippen LogP contribution >= 0.6 is 0 Å². The molecular weight excluding hydrogens is 244 g/mol. The molecule has 1 fully saturated rings. The van der Waals surface area contributed by atoms with Crippen molar-refractivity contribution in [3.63, 3.8) is 0 Å². The average molecular weight is 272 g/mol. The summed E-state index contributed by atoms with van der Waals surface area (Å²) >= 11 is 0. The molecule has 0 spiro atoms. The minimum atomic E-state index is -0.411. The Morgan fingerprint density at radius 1 is 1.32 bits per heavy atom. The third-order valence-electron chi connectivity index (χ3n) is 2.78. The topological polar surface area (TPSA) is 50.8 Å². The van der Waals surface area contributed by atoms with Gasteiger partial charge in [0, 0.05) is 32.3 Å². The molecule has 0 aromatic carbocycles. The summed E-state index contributed by atoms with van der Waals surface area (Å²) in [6, 6.07) is 0.402. The highest BCUT2D eigenvalue weighted by atomic mass is 16.6. The van der Waals surface area contributed by atoms with Crippen molar-refractivity contribution >= 4 is 6.09 Å². The summed E-state index contributed by atoms with van der Waals surface area (Å²) in [7, 11) is 0. The van der Waals surface area contributed by atoms with Crippen LogP contribution < -0.4 is 5.32 Å². The molecule has 0 bridgehead atoms. The van der Waals surface area contributed by atoms with Gasteiger partial charge in [0.15, 0.2) is 0 Å². The van der Waals surface area contributed by atoms with Crippen molar-refractivity contribution in [1.29, 1.82) is 0 Å². The summed E-state index contributed by atoms with van der Waals surface area (Å²) < 4.78 is 10.7. The van der Waals surface area contributed by atoms with E-state index >= 15 is 0 Å². The van der Waals surface area contributed by atoms with Gasteiger partial charge in [-0.2, -0.15) is 0 Å². The summed E-state index contributed by atoms with van der Waals surface area (Å²) in [5.41, 5.74) is -0.411. The first-order chi connectivity index (χ1) is 8.92. The van der Waals surface area contributed by atoms with Crippen LogP contribution in [0.25, 0.3) is 0 Å². The van der Waals surface area contributed by atoms with Gasteiger partial charge in [-0.25, -0.2) is 4.79 Å². The number of hydrogen-bond acceptors (Lipinski definition) is 4. The molecule has 1 amide bonds. The fraction of sp³-hybridized carbons (Fsp3) is 0.929. The maximum atomic E-state index is 11.7. The molecule has 1 heterocycles. The smallest absolute Gasteiger partial charge is 0.410 e. The Bertz CT molecular complexity index is 270. The van der Waals surface area contributed by atoms with Gasteiger partial charge in [0.2, 0.25) is 0 Å². The predicted octanol–water partition coefficient (Wildman–Crippen LogP) is 2.01. The number of amides is 1. The summed E-state index contributed by atoms with van der Waals surface area (Å²) in [5, 5.41) is 3.41. The van der Waals surface area contributed by atoms with Crippen LogP contribution in [0.1, 0.15) is 40.5 Å². The molecule has 1 aliphatic heterocycles. The lowest BCUT2D eigenvalue weighted by Gasteiger charge is -2.40. The van der Waals surface area contributed by atoms with Crippen LogP contribution in [0.4, 0.5) is 4.79 Å². The summed E-state index contributed by atoms with van der Waals surface area (Å²) in [5.74, 6) is 0. The number of likely N-dealkylation sites (tertiary alicyclic amines) is 1. The molecule has 112 valence electrons. The fourth-order valence-electron chi connectivity index (χ4n) is 1.81. The fourth-order valence-corrected chi connectivity index (χ4v) is 1.81. The first-order valence-corrected chi connectivity index (χ1v) is 7.21. The molecule has 1 rings (SSSR count). The van der Waals surface area contributed by atoms with E-state index in [1.165, 1.54) is 0 Å². The van der Waals surface area contributed by atoms with Crippen LogP contribution in [-0.4, -0.2) is 55.5 Å². The van der Waals surface area contributed by atoms with E-state index in [-0.39, 0.29) is 6.09 Å². The predicted molar refractivity (Wildman–Crippen MR) is 75.3 cm³/mol. The lowest BCUT2D eigenvalue weighted by molar-refractivity contribution is 0.00512. The molecule has 1 N–H and O–H groups in total. The Kier molecular flexibility index (Phi) is 6.58. The van der Waals surface area contributed by atoms with Crippen molar-refractivity contribution in [3.05, 3.63) is 0 Å². The maximum Gasteiger partial charge on any atom is 0.410 e. The summed E-state index contributed by atoms with van der Waals surface area (Å²) in [6.45, 7) is 11.8. The van der Waals surface area contributed by atoms with Crippen molar-refractivity contribution in [1.82, 2.24) is 10.2 Å². The minimum Gasteiger partial charge on any atom is -0.444 e. The molecule has 1 saturated heterocycles. The first-order valence-electron chi connectivity index (χ1n) is 7.21. The maximum absolute atomic E-state index is 11.7. The van der Waals surface area contributed by atoms with Gasteiger partial charge in [-0.05, 0) is 40.2 Å². The number of rotatable bonds is 7. The summed E-state index contributed by atoms with van der Waals surface area (Å²) in [4.78, 5) is 13.4. The highest BCUT2D eigenvalue weighted by molar-refractivity contribution is 5.69. The van der Waals surface area contributed by atoms with E-state index in [2.05, 4.69) is 12.2 Å². The molecule has 0 atom stereocenters. The molecule has 0 aromatic rings. The van der Waals surface area contributed by atoms with E-state index < -0.39 is 5.60 Å². The minimum absolute atomic E-state index is 0.211. The molecule has 5 heteroatoms. The van der Waals surface area contributed by atoms with Crippen molar-refractivity contribution in [2.75, 3.05) is 32.8 Å². The van der Waals surface area contributed by atoms with E-state index in [1.54, 1.807) is 4.90 Å². The van der Waals surface area contributed by atoms with Crippen LogP contribution in [0.2, 0.25) is 0 Å². The number of ether oxygens (including phenoxy) is 2. The van der Waals surface area contributed by atoms with Gasteiger partial charge in [-0.3, -0.25) is 0 Å². The standard InChI is InChI=1S/C14H28N2O3/c1-5-8-18-9-6-7-15-12-10-16(11-12)13(17)19-14(2,3)4/h12,15H,5-11H2,1-4H3. The lowest BCUT2D eigenvalue weighted by Crippen LogP contribution is -2.60. The molecule has 0 aromatic heterocycles. The van der Waals surface area contributed by atoms with E-state index in [0.29, 0.717) is 6.04 Å². The number of nitrogens with one attached hydrogen (secondary N) is 1. The highest BCUT2D eigenvalue weighted by Crippen LogP contribution is 2.14. The van der Waals surface area contributed by atoms with Gasteiger partial charge >= 0.3 is 6.09 Å². The Morgan fingerprint density at radius 2 is 2.00 bits per heavy atom. The van der Waals surface area contributed by atoms with Gasteiger partial charge < -0.3 is 19.7 Å². The highest BCUT2D eigenvalue weighted by Gasteiger charge is 2.32. The zero-order valence-corrected chi connectivity index (χ0v) is 12.7. The quantitative estimate of drug-likeness (QED) is 0.720. The molecular formula is C14H28N2O3. The Balaban J connectivity index is 1.99. The van der Waals surface area contributed by atoms with Gasteiger partial charge in [-0.1, -0.05) is 6.92 Å². The SMILES string of the molecule is CCCOCCCNC1CN(C(=O)OC(C)(C)C)C1. The van der Waals surface area contributed by atoms with Crippen LogP contribution in [0, 0.1) is 0 Å². The van der Waals surface area contributed by atoms with E-state index in [4.69, 9.17) is 9.47 Å². The summed E-state index contributed by atoms with van der Waals surface area (Å²) in [6.07, 6.45) is 1.88. The molecule has 19 heavy (non-hydrogen) atoms. The van der Waals surface area contributed by atoms with E-state index in [1.807, 2.05) is 20.8 Å². The monoisotopic (exact) mass is 272 g/mol. The second-order valence-electron chi connectivity index (χ2n) is 6.00. The Morgan fingerprint density at radius 3 is 2.58 bits per heavy atom. The van der Waals surface area contributed by atoms with Gasteiger partial charge in [0.1, 0.15) is 5.60 Å². The van der Waals surface area contributed by atoms with E-state index in [0.717, 1.165) is 45.7 Å². The first kappa shape index (κ1) is 16.2. The zero-order valence-electron chi connectivity index (χ0n) is 12.7. The normalized spacial score (nSPS) is 16.3. The number of nitrogens with zero attached hydrogens (tertiary/aromatic N) is 1. The van der Waals surface area contributed by atoms with Crippen molar-refractivity contribution in [3.8, 4) is 0 Å².